The predicted molar refractivity (Wildman–Crippen MR) is 68.7 cm³/mol. The van der Waals surface area contributed by atoms with Crippen molar-refractivity contribution in [1.82, 2.24) is 0 Å². The molecule has 1 N–H and O–H groups in total. The molecular formula is C15H18O2. The summed E-state index contributed by atoms with van der Waals surface area (Å²) in [6, 6.07) is 8.14. The number of carboxylic acids is 1. The van der Waals surface area contributed by atoms with Gasteiger partial charge in [0.1, 0.15) is 0 Å². The molecule has 2 rings (SSSR count). The van der Waals surface area contributed by atoms with Crippen LogP contribution in [0.25, 0.3) is 5.57 Å². The fraction of sp³-hybridized carbons (Fsp3) is 0.400. The molecule has 0 spiro atoms. The molecule has 1 fully saturated rings. The lowest BCUT2D eigenvalue weighted by Gasteiger charge is -2.14. The molecule has 1 aromatic rings. The van der Waals surface area contributed by atoms with Crippen molar-refractivity contribution in [2.45, 2.75) is 32.6 Å². The van der Waals surface area contributed by atoms with Crippen molar-refractivity contribution in [3.63, 3.8) is 0 Å². The van der Waals surface area contributed by atoms with Gasteiger partial charge >= 0.3 is 5.97 Å². The zero-order valence-electron chi connectivity index (χ0n) is 10.1. The van der Waals surface area contributed by atoms with Crippen molar-refractivity contribution < 1.29 is 9.90 Å². The number of carbonyl (C=O) groups is 1. The van der Waals surface area contributed by atoms with Crippen LogP contribution in [0.1, 0.15) is 36.8 Å². The van der Waals surface area contributed by atoms with Gasteiger partial charge in [-0.25, -0.2) is 4.79 Å². The lowest BCUT2D eigenvalue weighted by atomic mass is 9.90. The molecule has 0 bridgehead atoms. The summed E-state index contributed by atoms with van der Waals surface area (Å²) in [7, 11) is 0. The van der Waals surface area contributed by atoms with E-state index in [-0.39, 0.29) is 0 Å². The number of rotatable bonds is 3. The Bertz CT molecular complexity index is 423. The van der Waals surface area contributed by atoms with Crippen LogP contribution in [0.4, 0.5) is 0 Å². The molecule has 1 aliphatic rings. The van der Waals surface area contributed by atoms with Crippen LogP contribution in [0.3, 0.4) is 0 Å². The Kier molecular flexibility index (Phi) is 3.62. The third-order valence-electron chi connectivity index (χ3n) is 3.46. The Hall–Kier alpha value is -1.57. The van der Waals surface area contributed by atoms with Crippen LogP contribution >= 0.6 is 0 Å². The van der Waals surface area contributed by atoms with Crippen LogP contribution in [-0.4, -0.2) is 11.1 Å². The van der Waals surface area contributed by atoms with E-state index >= 15 is 0 Å². The van der Waals surface area contributed by atoms with E-state index in [4.69, 9.17) is 5.11 Å². The van der Waals surface area contributed by atoms with Crippen LogP contribution < -0.4 is 0 Å². The van der Waals surface area contributed by atoms with E-state index in [1.54, 1.807) is 0 Å². The average molecular weight is 230 g/mol. The van der Waals surface area contributed by atoms with Crippen molar-refractivity contribution in [3.8, 4) is 0 Å². The van der Waals surface area contributed by atoms with Gasteiger partial charge in [-0.3, -0.25) is 0 Å². The lowest BCUT2D eigenvalue weighted by molar-refractivity contribution is -0.131. The maximum atomic E-state index is 10.9. The second kappa shape index (κ2) is 5.17. The summed E-state index contributed by atoms with van der Waals surface area (Å²) < 4.78 is 0. The molecule has 0 atom stereocenters. The zero-order valence-corrected chi connectivity index (χ0v) is 10.1. The van der Waals surface area contributed by atoms with E-state index in [0.29, 0.717) is 5.92 Å². The Morgan fingerprint density at radius 1 is 1.24 bits per heavy atom. The maximum Gasteiger partial charge on any atom is 0.328 e. The van der Waals surface area contributed by atoms with E-state index in [1.807, 2.05) is 31.2 Å². The second-order valence-corrected chi connectivity index (χ2v) is 4.79. The van der Waals surface area contributed by atoms with E-state index in [9.17, 15) is 4.79 Å². The fourth-order valence-electron chi connectivity index (χ4n) is 2.55. The highest BCUT2D eigenvalue weighted by molar-refractivity contribution is 5.90. The molecule has 90 valence electrons. The summed E-state index contributed by atoms with van der Waals surface area (Å²) in [5.74, 6) is -0.415. The van der Waals surface area contributed by atoms with Crippen LogP contribution in [0.15, 0.2) is 30.3 Å². The summed E-state index contributed by atoms with van der Waals surface area (Å²) in [5.41, 5.74) is 3.26. The highest BCUT2D eigenvalue weighted by atomic mass is 16.4. The van der Waals surface area contributed by atoms with Gasteiger partial charge in [0.25, 0.3) is 0 Å². The first kappa shape index (κ1) is 11.9. The SMILES string of the molecule is Cc1ccc(/C(=C/C(=O)O)C2CCCC2)cc1. The smallest absolute Gasteiger partial charge is 0.328 e. The Balaban J connectivity index is 2.32. The summed E-state index contributed by atoms with van der Waals surface area (Å²) in [4.78, 5) is 10.9. The standard InChI is InChI=1S/C15H18O2/c1-11-6-8-13(9-7-11)14(10-15(16)17)12-4-2-3-5-12/h6-10,12H,2-5H2,1H3,(H,16,17)/b14-10+. The highest BCUT2D eigenvalue weighted by Gasteiger charge is 2.21. The first-order valence-corrected chi connectivity index (χ1v) is 6.18. The molecule has 0 amide bonds. The zero-order chi connectivity index (χ0) is 12.3. The summed E-state index contributed by atoms with van der Waals surface area (Å²) in [6.07, 6.45) is 6.06. The third-order valence-corrected chi connectivity index (χ3v) is 3.46. The number of allylic oxidation sites excluding steroid dienone is 1. The van der Waals surface area contributed by atoms with E-state index in [2.05, 4.69) is 0 Å². The highest BCUT2D eigenvalue weighted by Crippen LogP contribution is 2.36. The molecule has 2 heteroatoms. The number of benzene rings is 1. The van der Waals surface area contributed by atoms with Crippen LogP contribution in [0.5, 0.6) is 0 Å². The van der Waals surface area contributed by atoms with E-state index in [1.165, 1.54) is 24.5 Å². The fourth-order valence-corrected chi connectivity index (χ4v) is 2.55. The summed E-state index contributed by atoms with van der Waals surface area (Å²) in [6.45, 7) is 2.04. The monoisotopic (exact) mass is 230 g/mol. The Labute approximate surface area is 102 Å². The predicted octanol–water partition coefficient (Wildman–Crippen LogP) is 3.65. The normalized spacial score (nSPS) is 17.4. The van der Waals surface area contributed by atoms with Crippen LogP contribution in [-0.2, 0) is 4.79 Å². The van der Waals surface area contributed by atoms with Crippen LogP contribution in [0.2, 0.25) is 0 Å². The maximum absolute atomic E-state index is 10.9. The number of aliphatic carboxylic acids is 1. The minimum absolute atomic E-state index is 0.425. The molecule has 2 nitrogen and oxygen atoms in total. The molecule has 0 unspecified atom stereocenters. The van der Waals surface area contributed by atoms with Gasteiger partial charge < -0.3 is 5.11 Å². The molecule has 1 aliphatic carbocycles. The van der Waals surface area contributed by atoms with E-state index < -0.39 is 5.97 Å². The summed E-state index contributed by atoms with van der Waals surface area (Å²) >= 11 is 0. The van der Waals surface area contributed by atoms with Gasteiger partial charge in [0, 0.05) is 6.08 Å². The molecule has 17 heavy (non-hydrogen) atoms. The first-order chi connectivity index (χ1) is 8.16. The lowest BCUT2D eigenvalue weighted by Crippen LogP contribution is -2.02. The van der Waals surface area contributed by atoms with Gasteiger partial charge in [0.2, 0.25) is 0 Å². The van der Waals surface area contributed by atoms with Crippen molar-refractivity contribution in [2.24, 2.45) is 5.92 Å². The van der Waals surface area contributed by atoms with Gasteiger partial charge in [0.15, 0.2) is 0 Å². The number of hydrogen-bond acceptors (Lipinski definition) is 1. The quantitative estimate of drug-likeness (QED) is 0.805. The molecule has 0 radical (unpaired) electrons. The first-order valence-electron chi connectivity index (χ1n) is 6.18. The molecule has 1 aromatic carbocycles. The van der Waals surface area contributed by atoms with E-state index in [0.717, 1.165) is 24.0 Å². The summed E-state index contributed by atoms with van der Waals surface area (Å²) in [5, 5.41) is 8.98. The van der Waals surface area contributed by atoms with Gasteiger partial charge in [-0.2, -0.15) is 0 Å². The Morgan fingerprint density at radius 2 is 1.82 bits per heavy atom. The van der Waals surface area contributed by atoms with Gasteiger partial charge in [-0.15, -0.1) is 0 Å². The van der Waals surface area contributed by atoms with Gasteiger partial charge in [0.05, 0.1) is 0 Å². The van der Waals surface area contributed by atoms with Crippen molar-refractivity contribution in [3.05, 3.63) is 41.5 Å². The minimum atomic E-state index is -0.840. The number of hydrogen-bond donors (Lipinski definition) is 1. The number of carboxylic acid groups (broad SMARTS) is 1. The van der Waals surface area contributed by atoms with Crippen molar-refractivity contribution >= 4 is 11.5 Å². The Morgan fingerprint density at radius 3 is 2.35 bits per heavy atom. The van der Waals surface area contributed by atoms with Gasteiger partial charge in [-0.1, -0.05) is 42.7 Å². The molecule has 0 aliphatic heterocycles. The van der Waals surface area contributed by atoms with Crippen molar-refractivity contribution in [1.29, 1.82) is 0 Å². The third kappa shape index (κ3) is 2.96. The van der Waals surface area contributed by atoms with Gasteiger partial charge in [-0.05, 0) is 36.8 Å². The number of aryl methyl sites for hydroxylation is 1. The molecule has 0 heterocycles. The average Bonchev–Trinajstić information content (AvgIpc) is 2.80. The topological polar surface area (TPSA) is 37.3 Å². The van der Waals surface area contributed by atoms with Crippen LogP contribution in [0, 0.1) is 12.8 Å². The molecule has 1 saturated carbocycles. The largest absolute Gasteiger partial charge is 0.478 e. The second-order valence-electron chi connectivity index (χ2n) is 4.79. The van der Waals surface area contributed by atoms with Crippen molar-refractivity contribution in [2.75, 3.05) is 0 Å². The molecule has 0 saturated heterocycles. The molecular weight excluding hydrogens is 212 g/mol. The minimum Gasteiger partial charge on any atom is -0.478 e. The molecule has 0 aromatic heterocycles.